The molecule has 5 heteroatoms. The Hall–Kier alpha value is -1.46. The number of anilines is 1. The first kappa shape index (κ1) is 14.5. The number of benzene rings is 1. The Morgan fingerprint density at radius 3 is 2.62 bits per heavy atom. The maximum absolute atomic E-state index is 10.5. The summed E-state index contributed by atoms with van der Waals surface area (Å²) in [4.78, 5) is 2.04. The Kier molecular flexibility index (Phi) is 4.22. The number of nitrogens with zero attached hydrogens (tertiary/aromatic N) is 3. The lowest BCUT2D eigenvalue weighted by molar-refractivity contribution is 0.0559. The summed E-state index contributed by atoms with van der Waals surface area (Å²) in [5.41, 5.74) is 0.706. The van der Waals surface area contributed by atoms with Gasteiger partial charge in [-0.05, 0) is 18.4 Å². The van der Waals surface area contributed by atoms with Gasteiger partial charge in [-0.15, -0.1) is 10.2 Å². The Bertz CT molecular complexity index is 578. The van der Waals surface area contributed by atoms with Crippen LogP contribution in [0, 0.1) is 0 Å². The van der Waals surface area contributed by atoms with Crippen LogP contribution in [0.2, 0.25) is 0 Å². The maximum Gasteiger partial charge on any atom is 0.208 e. The van der Waals surface area contributed by atoms with Crippen LogP contribution in [0.1, 0.15) is 36.3 Å². The predicted octanol–water partition coefficient (Wildman–Crippen LogP) is 2.87. The molecular weight excluding hydrogens is 282 g/mol. The molecule has 0 aliphatic heterocycles. The molecule has 1 N–H and O–H groups in total. The van der Waals surface area contributed by atoms with Crippen LogP contribution in [0.3, 0.4) is 0 Å². The third-order valence-corrected chi connectivity index (χ3v) is 5.08. The monoisotopic (exact) mass is 303 g/mol. The standard InChI is InChI=1S/C16H21N3OS/c1-19(12-16(20)9-5-6-10-16)15-18-17-14(21-15)11-13-7-3-2-4-8-13/h2-4,7-8,20H,5-6,9-12H2,1H3. The molecule has 1 aromatic carbocycles. The average molecular weight is 303 g/mol. The van der Waals surface area contributed by atoms with Crippen LogP contribution in [0.4, 0.5) is 5.13 Å². The van der Waals surface area contributed by atoms with E-state index in [1.165, 1.54) is 5.56 Å². The quantitative estimate of drug-likeness (QED) is 0.923. The molecule has 3 rings (SSSR count). The van der Waals surface area contributed by atoms with Crippen molar-refractivity contribution in [2.24, 2.45) is 0 Å². The topological polar surface area (TPSA) is 49.2 Å². The minimum absolute atomic E-state index is 0.542. The van der Waals surface area contributed by atoms with Crippen molar-refractivity contribution in [3.8, 4) is 0 Å². The summed E-state index contributed by atoms with van der Waals surface area (Å²) in [5, 5.41) is 20.9. The van der Waals surface area contributed by atoms with Gasteiger partial charge in [-0.1, -0.05) is 54.5 Å². The van der Waals surface area contributed by atoms with Crippen LogP contribution in [-0.4, -0.2) is 34.5 Å². The number of rotatable bonds is 5. The summed E-state index contributed by atoms with van der Waals surface area (Å²) in [6.07, 6.45) is 4.86. The van der Waals surface area contributed by atoms with Crippen molar-refractivity contribution in [3.05, 3.63) is 40.9 Å². The number of hydrogen-bond acceptors (Lipinski definition) is 5. The second kappa shape index (κ2) is 6.12. The highest BCUT2D eigenvalue weighted by Gasteiger charge is 2.32. The highest BCUT2D eigenvalue weighted by Crippen LogP contribution is 2.32. The van der Waals surface area contributed by atoms with Gasteiger partial charge in [-0.25, -0.2) is 0 Å². The normalized spacial score (nSPS) is 17.0. The fourth-order valence-corrected chi connectivity index (χ4v) is 3.77. The van der Waals surface area contributed by atoms with Crippen LogP contribution < -0.4 is 4.90 Å². The Balaban J connectivity index is 1.64. The van der Waals surface area contributed by atoms with Gasteiger partial charge in [0.05, 0.1) is 5.60 Å². The molecule has 1 aliphatic rings. The van der Waals surface area contributed by atoms with Gasteiger partial charge >= 0.3 is 0 Å². The van der Waals surface area contributed by atoms with E-state index in [9.17, 15) is 5.11 Å². The summed E-state index contributed by atoms with van der Waals surface area (Å²) >= 11 is 1.61. The van der Waals surface area contributed by atoms with E-state index in [0.29, 0.717) is 6.54 Å². The Morgan fingerprint density at radius 1 is 1.19 bits per heavy atom. The molecule has 0 saturated heterocycles. The molecule has 4 nitrogen and oxygen atoms in total. The molecule has 112 valence electrons. The lowest BCUT2D eigenvalue weighted by Crippen LogP contribution is -2.39. The first-order valence-electron chi connectivity index (χ1n) is 7.44. The van der Waals surface area contributed by atoms with E-state index < -0.39 is 5.60 Å². The minimum atomic E-state index is -0.542. The van der Waals surface area contributed by atoms with Gasteiger partial charge in [0.25, 0.3) is 0 Å². The molecule has 0 bridgehead atoms. The van der Waals surface area contributed by atoms with Gasteiger partial charge in [0, 0.05) is 20.0 Å². The molecule has 21 heavy (non-hydrogen) atoms. The average Bonchev–Trinajstić information content (AvgIpc) is 3.09. The third kappa shape index (κ3) is 3.60. The summed E-state index contributed by atoms with van der Waals surface area (Å²) in [6.45, 7) is 0.646. The minimum Gasteiger partial charge on any atom is -0.388 e. The van der Waals surface area contributed by atoms with Gasteiger partial charge in [0.1, 0.15) is 5.01 Å². The van der Waals surface area contributed by atoms with Gasteiger partial charge in [0.15, 0.2) is 0 Å². The summed E-state index contributed by atoms with van der Waals surface area (Å²) in [6, 6.07) is 10.3. The molecule has 0 unspecified atom stereocenters. The van der Waals surface area contributed by atoms with Crippen molar-refractivity contribution in [3.63, 3.8) is 0 Å². The molecule has 0 atom stereocenters. The molecule has 1 aliphatic carbocycles. The second-order valence-electron chi connectivity index (χ2n) is 5.93. The molecule has 0 spiro atoms. The molecule has 0 amide bonds. The largest absolute Gasteiger partial charge is 0.388 e. The van der Waals surface area contributed by atoms with E-state index >= 15 is 0 Å². The van der Waals surface area contributed by atoms with Crippen LogP contribution >= 0.6 is 11.3 Å². The van der Waals surface area contributed by atoms with Crippen LogP contribution in [0.5, 0.6) is 0 Å². The van der Waals surface area contributed by atoms with E-state index in [1.807, 2.05) is 30.1 Å². The number of aliphatic hydroxyl groups is 1. The van der Waals surface area contributed by atoms with E-state index in [0.717, 1.165) is 42.2 Å². The number of aromatic nitrogens is 2. The van der Waals surface area contributed by atoms with Crippen LogP contribution in [0.25, 0.3) is 0 Å². The fourth-order valence-electron chi connectivity index (χ4n) is 2.94. The number of hydrogen-bond donors (Lipinski definition) is 1. The molecular formula is C16H21N3OS. The van der Waals surface area contributed by atoms with Crippen molar-refractivity contribution in [1.29, 1.82) is 0 Å². The highest BCUT2D eigenvalue weighted by molar-refractivity contribution is 7.15. The van der Waals surface area contributed by atoms with Crippen molar-refractivity contribution in [2.45, 2.75) is 37.7 Å². The fraction of sp³-hybridized carbons (Fsp3) is 0.500. The SMILES string of the molecule is CN(CC1(O)CCCC1)c1nnc(Cc2ccccc2)s1. The van der Waals surface area contributed by atoms with Crippen LogP contribution in [0.15, 0.2) is 30.3 Å². The Morgan fingerprint density at radius 2 is 1.90 bits per heavy atom. The maximum atomic E-state index is 10.5. The van der Waals surface area contributed by atoms with E-state index in [4.69, 9.17) is 0 Å². The summed E-state index contributed by atoms with van der Waals surface area (Å²) in [5.74, 6) is 0. The highest BCUT2D eigenvalue weighted by atomic mass is 32.1. The van der Waals surface area contributed by atoms with Gasteiger partial charge in [-0.2, -0.15) is 0 Å². The zero-order valence-corrected chi connectivity index (χ0v) is 13.1. The van der Waals surface area contributed by atoms with Crippen molar-refractivity contribution < 1.29 is 5.11 Å². The zero-order chi connectivity index (χ0) is 14.7. The summed E-state index contributed by atoms with van der Waals surface area (Å²) < 4.78 is 0. The predicted molar refractivity (Wildman–Crippen MR) is 85.8 cm³/mol. The van der Waals surface area contributed by atoms with E-state index in [-0.39, 0.29) is 0 Å². The second-order valence-corrected chi connectivity index (χ2v) is 6.97. The molecule has 1 heterocycles. The van der Waals surface area contributed by atoms with Crippen molar-refractivity contribution >= 4 is 16.5 Å². The summed E-state index contributed by atoms with van der Waals surface area (Å²) in [7, 11) is 1.99. The van der Waals surface area contributed by atoms with Gasteiger partial charge < -0.3 is 10.0 Å². The van der Waals surface area contributed by atoms with Gasteiger partial charge in [0.2, 0.25) is 5.13 Å². The molecule has 1 aromatic heterocycles. The van der Waals surface area contributed by atoms with E-state index in [2.05, 4.69) is 22.3 Å². The Labute approximate surface area is 129 Å². The van der Waals surface area contributed by atoms with Gasteiger partial charge in [-0.3, -0.25) is 0 Å². The van der Waals surface area contributed by atoms with E-state index in [1.54, 1.807) is 11.3 Å². The molecule has 1 fully saturated rings. The number of likely N-dealkylation sites (N-methyl/N-ethyl adjacent to an activating group) is 1. The lowest BCUT2D eigenvalue weighted by Gasteiger charge is -2.27. The van der Waals surface area contributed by atoms with Crippen LogP contribution in [-0.2, 0) is 6.42 Å². The first-order chi connectivity index (χ1) is 10.1. The zero-order valence-electron chi connectivity index (χ0n) is 12.3. The van der Waals surface area contributed by atoms with Crippen molar-refractivity contribution in [1.82, 2.24) is 10.2 Å². The molecule has 1 saturated carbocycles. The molecule has 0 radical (unpaired) electrons. The lowest BCUT2D eigenvalue weighted by atomic mass is 10.0. The first-order valence-corrected chi connectivity index (χ1v) is 8.26. The molecule has 2 aromatic rings. The smallest absolute Gasteiger partial charge is 0.208 e. The van der Waals surface area contributed by atoms with Crippen molar-refractivity contribution in [2.75, 3.05) is 18.5 Å². The third-order valence-electron chi connectivity index (χ3n) is 4.05.